The molecule has 0 unspecified atom stereocenters. The van der Waals surface area contributed by atoms with Gasteiger partial charge >= 0.3 is 0 Å². The molecule has 3 aromatic rings. The fourth-order valence-electron chi connectivity index (χ4n) is 3.58. The van der Waals surface area contributed by atoms with Crippen molar-refractivity contribution in [3.05, 3.63) is 58.8 Å². The second-order valence-electron chi connectivity index (χ2n) is 7.11. The van der Waals surface area contributed by atoms with E-state index >= 15 is 0 Å². The third kappa shape index (κ3) is 3.47. The molecule has 0 saturated heterocycles. The van der Waals surface area contributed by atoms with Crippen LogP contribution in [0.5, 0.6) is 17.2 Å². The molecule has 156 valence electrons. The van der Waals surface area contributed by atoms with E-state index in [-0.39, 0.29) is 22.7 Å². The van der Waals surface area contributed by atoms with Crippen molar-refractivity contribution in [1.82, 2.24) is 9.78 Å². The third-order valence-electron chi connectivity index (χ3n) is 5.09. The quantitative estimate of drug-likeness (QED) is 0.658. The van der Waals surface area contributed by atoms with Gasteiger partial charge in [0.25, 0.3) is 0 Å². The predicted molar refractivity (Wildman–Crippen MR) is 117 cm³/mol. The SMILES string of the molecule is COc1cc([C@H]2SCC(=O)Nc3c2c(C)nn3-c2ccc(C)cc2)cc(OC)c1O. The molecule has 0 spiro atoms. The molecule has 0 fully saturated rings. The number of nitrogens with one attached hydrogen (secondary N) is 1. The van der Waals surface area contributed by atoms with Gasteiger partial charge in [0.1, 0.15) is 5.82 Å². The Balaban J connectivity index is 1.90. The van der Waals surface area contributed by atoms with E-state index in [1.54, 1.807) is 16.8 Å². The van der Waals surface area contributed by atoms with E-state index in [0.29, 0.717) is 17.3 Å². The number of ether oxygens (including phenoxy) is 2. The van der Waals surface area contributed by atoms with E-state index < -0.39 is 0 Å². The van der Waals surface area contributed by atoms with Crippen molar-refractivity contribution in [3.8, 4) is 22.9 Å². The Morgan fingerprint density at radius 2 is 1.77 bits per heavy atom. The number of hydrogen-bond donors (Lipinski definition) is 2. The summed E-state index contributed by atoms with van der Waals surface area (Å²) in [4.78, 5) is 12.5. The maximum absolute atomic E-state index is 12.5. The topological polar surface area (TPSA) is 85.6 Å². The molecule has 1 aromatic heterocycles. The molecule has 1 aliphatic heterocycles. The molecule has 0 radical (unpaired) electrons. The first-order valence-corrected chi connectivity index (χ1v) is 10.5. The van der Waals surface area contributed by atoms with Gasteiger partial charge in [0.2, 0.25) is 11.7 Å². The number of methoxy groups -OCH3 is 2. The summed E-state index contributed by atoms with van der Waals surface area (Å²) in [5.41, 5.74) is 4.61. The van der Waals surface area contributed by atoms with Gasteiger partial charge in [0.05, 0.1) is 36.6 Å². The number of phenolic OH excluding ortho intramolecular Hbond substituents is 1. The largest absolute Gasteiger partial charge is 0.502 e. The lowest BCUT2D eigenvalue weighted by Crippen LogP contribution is -2.15. The molecular formula is C22H23N3O4S. The Morgan fingerprint density at radius 3 is 2.37 bits per heavy atom. The highest BCUT2D eigenvalue weighted by atomic mass is 32.2. The average molecular weight is 426 g/mol. The molecule has 8 heteroatoms. The number of anilines is 1. The lowest BCUT2D eigenvalue weighted by atomic mass is 10.0. The number of thioether (sulfide) groups is 1. The first kappa shape index (κ1) is 20.2. The maximum Gasteiger partial charge on any atom is 0.235 e. The highest BCUT2D eigenvalue weighted by molar-refractivity contribution is 8.00. The summed E-state index contributed by atoms with van der Waals surface area (Å²) >= 11 is 1.50. The number of amides is 1. The molecule has 30 heavy (non-hydrogen) atoms. The number of phenols is 1. The molecule has 4 rings (SSSR count). The first-order valence-electron chi connectivity index (χ1n) is 9.45. The van der Waals surface area contributed by atoms with Crippen LogP contribution in [-0.4, -0.2) is 40.8 Å². The van der Waals surface area contributed by atoms with Crippen LogP contribution in [0.15, 0.2) is 36.4 Å². The minimum Gasteiger partial charge on any atom is -0.502 e. The number of carbonyl (C=O) groups excluding carboxylic acids is 1. The fourth-order valence-corrected chi connectivity index (χ4v) is 4.75. The molecule has 1 aliphatic rings. The Hall–Kier alpha value is -3.13. The molecule has 1 amide bonds. The summed E-state index contributed by atoms with van der Waals surface area (Å²) in [6, 6.07) is 11.5. The molecule has 0 saturated carbocycles. The number of rotatable bonds is 4. The van der Waals surface area contributed by atoms with Crippen LogP contribution in [0, 0.1) is 13.8 Å². The lowest BCUT2D eigenvalue weighted by Gasteiger charge is -2.18. The van der Waals surface area contributed by atoms with Gasteiger partial charge in [-0.2, -0.15) is 5.10 Å². The van der Waals surface area contributed by atoms with Crippen LogP contribution in [-0.2, 0) is 4.79 Å². The Kier molecular flexibility index (Phi) is 5.34. The number of aryl methyl sites for hydroxylation is 2. The number of fused-ring (bicyclic) bond motifs is 1. The van der Waals surface area contributed by atoms with Crippen molar-refractivity contribution >= 4 is 23.5 Å². The summed E-state index contributed by atoms with van der Waals surface area (Å²) in [7, 11) is 2.99. The highest BCUT2D eigenvalue weighted by Crippen LogP contribution is 2.47. The maximum atomic E-state index is 12.5. The number of benzene rings is 2. The van der Waals surface area contributed by atoms with E-state index in [9.17, 15) is 9.90 Å². The van der Waals surface area contributed by atoms with E-state index in [0.717, 1.165) is 28.1 Å². The number of nitrogens with zero attached hydrogens (tertiary/aromatic N) is 2. The number of aromatic hydroxyl groups is 1. The van der Waals surface area contributed by atoms with Gasteiger partial charge in [-0.15, -0.1) is 11.8 Å². The fraction of sp³-hybridized carbons (Fsp3) is 0.273. The van der Waals surface area contributed by atoms with E-state index in [4.69, 9.17) is 14.6 Å². The van der Waals surface area contributed by atoms with Crippen molar-refractivity contribution in [2.24, 2.45) is 0 Å². The van der Waals surface area contributed by atoms with Crippen LogP contribution in [0.4, 0.5) is 5.82 Å². The van der Waals surface area contributed by atoms with Crippen LogP contribution in [0.2, 0.25) is 0 Å². The van der Waals surface area contributed by atoms with E-state index in [2.05, 4.69) is 5.32 Å². The standard InChI is InChI=1S/C22H23N3O4S/c1-12-5-7-15(8-6-12)25-22-19(13(2)24-25)21(30-11-18(26)23-22)14-9-16(28-3)20(27)17(10-14)29-4/h5-10,21,27H,11H2,1-4H3,(H,23,26)/t21-/m1/s1. The van der Waals surface area contributed by atoms with Gasteiger partial charge in [0.15, 0.2) is 11.5 Å². The molecule has 7 nitrogen and oxygen atoms in total. The van der Waals surface area contributed by atoms with Gasteiger partial charge in [0, 0.05) is 5.56 Å². The summed E-state index contributed by atoms with van der Waals surface area (Å²) in [6.45, 7) is 3.96. The van der Waals surface area contributed by atoms with Gasteiger partial charge in [-0.05, 0) is 43.7 Å². The van der Waals surface area contributed by atoms with Crippen molar-refractivity contribution in [3.63, 3.8) is 0 Å². The van der Waals surface area contributed by atoms with Gasteiger partial charge in [-0.3, -0.25) is 4.79 Å². The van der Waals surface area contributed by atoms with E-state index in [1.165, 1.54) is 26.0 Å². The molecule has 2 aromatic carbocycles. The van der Waals surface area contributed by atoms with Crippen LogP contribution < -0.4 is 14.8 Å². The molecule has 0 aliphatic carbocycles. The smallest absolute Gasteiger partial charge is 0.235 e. The molecular weight excluding hydrogens is 402 g/mol. The minimum absolute atomic E-state index is 0.0520. The number of hydrogen-bond acceptors (Lipinski definition) is 6. The Bertz CT molecular complexity index is 1080. The molecule has 0 bridgehead atoms. The average Bonchev–Trinajstić information content (AvgIpc) is 2.94. The van der Waals surface area contributed by atoms with Gasteiger partial charge in [-0.1, -0.05) is 17.7 Å². The minimum atomic E-state index is -0.193. The summed E-state index contributed by atoms with van der Waals surface area (Å²) in [6.07, 6.45) is 0. The second kappa shape index (κ2) is 7.95. The zero-order valence-corrected chi connectivity index (χ0v) is 18.0. The van der Waals surface area contributed by atoms with Crippen molar-refractivity contribution < 1.29 is 19.4 Å². The number of carbonyl (C=O) groups is 1. The zero-order chi connectivity index (χ0) is 21.4. The summed E-state index contributed by atoms with van der Waals surface area (Å²) in [5, 5.41) is 17.8. The third-order valence-corrected chi connectivity index (χ3v) is 6.36. The van der Waals surface area contributed by atoms with Crippen LogP contribution in [0.25, 0.3) is 5.69 Å². The molecule has 2 N–H and O–H groups in total. The predicted octanol–water partition coefficient (Wildman–Crippen LogP) is 3.99. The lowest BCUT2D eigenvalue weighted by molar-refractivity contribution is -0.113. The monoisotopic (exact) mass is 425 g/mol. The van der Waals surface area contributed by atoms with Gasteiger partial charge < -0.3 is 19.9 Å². The number of aromatic nitrogens is 2. The zero-order valence-electron chi connectivity index (χ0n) is 17.2. The van der Waals surface area contributed by atoms with Crippen molar-refractivity contribution in [2.75, 3.05) is 25.3 Å². The summed E-state index contributed by atoms with van der Waals surface area (Å²) < 4.78 is 12.4. The normalized spacial score (nSPS) is 15.9. The molecule has 1 atom stereocenters. The van der Waals surface area contributed by atoms with Crippen LogP contribution in [0.1, 0.15) is 27.6 Å². The first-order chi connectivity index (χ1) is 14.4. The highest BCUT2D eigenvalue weighted by Gasteiger charge is 2.31. The molecule has 2 heterocycles. The second-order valence-corrected chi connectivity index (χ2v) is 8.20. The van der Waals surface area contributed by atoms with Crippen LogP contribution >= 0.6 is 11.8 Å². The van der Waals surface area contributed by atoms with Crippen molar-refractivity contribution in [2.45, 2.75) is 19.1 Å². The Labute approximate surface area is 179 Å². The Morgan fingerprint density at radius 1 is 1.13 bits per heavy atom. The summed E-state index contributed by atoms with van der Waals surface area (Å²) in [5.74, 6) is 1.44. The van der Waals surface area contributed by atoms with Crippen molar-refractivity contribution in [1.29, 1.82) is 0 Å². The van der Waals surface area contributed by atoms with Gasteiger partial charge in [-0.25, -0.2) is 4.68 Å². The van der Waals surface area contributed by atoms with E-state index in [1.807, 2.05) is 38.1 Å². The van der Waals surface area contributed by atoms with Crippen LogP contribution in [0.3, 0.4) is 0 Å².